The number of carbonyl (C=O) groups is 2. The van der Waals surface area contributed by atoms with Gasteiger partial charge < -0.3 is 34.6 Å². The van der Waals surface area contributed by atoms with E-state index < -0.39 is 0 Å². The first-order valence-corrected chi connectivity index (χ1v) is 14.0. The molecule has 0 unspecified atom stereocenters. The van der Waals surface area contributed by atoms with E-state index in [1.54, 1.807) is 49.6 Å². The molecule has 220 valence electrons. The Labute approximate surface area is 248 Å². The van der Waals surface area contributed by atoms with Crippen molar-refractivity contribution in [2.45, 2.75) is 6.54 Å². The standard InChI is InChI=1S/C33H31FN4O5/c1-41-29-5-3-2-4-28(29)38-16-14-37(15-17-38)27-12-11-25(36-32(39)23-8-13-30-31(18-23)43-21-42-30)19-26(27)33(40)35-20-22-6-9-24(34)10-7-22/h2-13,18-19H,14-17,20-21H2,1H3,(H,35,40)(H,36,39). The molecule has 9 nitrogen and oxygen atoms in total. The Morgan fingerprint density at radius 1 is 0.814 bits per heavy atom. The van der Waals surface area contributed by atoms with E-state index in [1.807, 2.05) is 30.3 Å². The molecule has 0 atom stereocenters. The third-order valence-electron chi connectivity index (χ3n) is 7.55. The number of benzene rings is 4. The minimum absolute atomic E-state index is 0.116. The van der Waals surface area contributed by atoms with Crippen molar-refractivity contribution < 1.29 is 28.2 Å². The van der Waals surface area contributed by atoms with Crippen molar-refractivity contribution in [2.24, 2.45) is 0 Å². The molecule has 0 spiro atoms. The highest BCUT2D eigenvalue weighted by molar-refractivity contribution is 6.06. The summed E-state index contributed by atoms with van der Waals surface area (Å²) in [7, 11) is 1.67. The van der Waals surface area contributed by atoms with Crippen molar-refractivity contribution in [3.8, 4) is 17.2 Å². The molecule has 2 aliphatic rings. The molecule has 0 saturated carbocycles. The molecule has 43 heavy (non-hydrogen) atoms. The van der Waals surface area contributed by atoms with Crippen LogP contribution in [0.4, 0.5) is 21.5 Å². The number of hydrogen-bond donors (Lipinski definition) is 2. The van der Waals surface area contributed by atoms with Gasteiger partial charge in [0.05, 0.1) is 18.4 Å². The number of para-hydroxylation sites is 2. The molecule has 0 radical (unpaired) electrons. The second-order valence-corrected chi connectivity index (χ2v) is 10.2. The Morgan fingerprint density at radius 2 is 1.53 bits per heavy atom. The van der Waals surface area contributed by atoms with E-state index in [-0.39, 0.29) is 31.0 Å². The number of piperazine rings is 1. The fraction of sp³-hybridized carbons (Fsp3) is 0.212. The van der Waals surface area contributed by atoms with Crippen LogP contribution in [0.5, 0.6) is 17.2 Å². The second kappa shape index (κ2) is 12.3. The summed E-state index contributed by atoms with van der Waals surface area (Å²) in [4.78, 5) is 31.1. The van der Waals surface area contributed by atoms with Crippen molar-refractivity contribution in [1.82, 2.24) is 5.32 Å². The van der Waals surface area contributed by atoms with Crippen LogP contribution in [-0.4, -0.2) is 51.9 Å². The number of nitrogens with one attached hydrogen (secondary N) is 2. The molecule has 10 heteroatoms. The van der Waals surface area contributed by atoms with Crippen LogP contribution in [0.2, 0.25) is 0 Å². The monoisotopic (exact) mass is 582 g/mol. The molecule has 2 amide bonds. The number of amides is 2. The molecule has 0 aliphatic carbocycles. The van der Waals surface area contributed by atoms with E-state index in [0.717, 1.165) is 35.8 Å². The van der Waals surface area contributed by atoms with E-state index in [9.17, 15) is 14.0 Å². The molecule has 0 aromatic heterocycles. The van der Waals surface area contributed by atoms with Crippen molar-refractivity contribution in [3.05, 3.63) is 107 Å². The lowest BCUT2D eigenvalue weighted by atomic mass is 10.1. The molecule has 1 fully saturated rings. The van der Waals surface area contributed by atoms with E-state index in [2.05, 4.69) is 20.4 Å². The van der Waals surface area contributed by atoms with Gasteiger partial charge >= 0.3 is 0 Å². The molecule has 2 aliphatic heterocycles. The number of ether oxygens (including phenoxy) is 3. The first-order valence-electron chi connectivity index (χ1n) is 14.0. The van der Waals surface area contributed by atoms with Gasteiger partial charge in [-0.15, -0.1) is 0 Å². The zero-order valence-electron chi connectivity index (χ0n) is 23.6. The van der Waals surface area contributed by atoms with Crippen LogP contribution in [-0.2, 0) is 6.54 Å². The number of rotatable bonds is 8. The Balaban J connectivity index is 1.22. The van der Waals surface area contributed by atoms with Gasteiger partial charge in [-0.25, -0.2) is 4.39 Å². The van der Waals surface area contributed by atoms with Gasteiger partial charge in [0.1, 0.15) is 11.6 Å². The highest BCUT2D eigenvalue weighted by atomic mass is 19.1. The number of carbonyl (C=O) groups excluding carboxylic acids is 2. The highest BCUT2D eigenvalue weighted by Crippen LogP contribution is 2.34. The zero-order chi connectivity index (χ0) is 29.8. The van der Waals surface area contributed by atoms with Gasteiger partial charge in [-0.2, -0.15) is 0 Å². The molecular weight excluding hydrogens is 551 g/mol. The SMILES string of the molecule is COc1ccccc1N1CCN(c2ccc(NC(=O)c3ccc4c(c3)OCO4)cc2C(=O)NCc2ccc(F)cc2)CC1. The number of hydrogen-bond acceptors (Lipinski definition) is 7. The van der Waals surface area contributed by atoms with Crippen LogP contribution in [0.25, 0.3) is 0 Å². The van der Waals surface area contributed by atoms with Crippen LogP contribution < -0.4 is 34.6 Å². The van der Waals surface area contributed by atoms with Crippen molar-refractivity contribution in [1.29, 1.82) is 0 Å². The lowest BCUT2D eigenvalue weighted by Crippen LogP contribution is -2.47. The van der Waals surface area contributed by atoms with Gasteiger partial charge in [0.15, 0.2) is 11.5 Å². The summed E-state index contributed by atoms with van der Waals surface area (Å²) in [6.07, 6.45) is 0. The third-order valence-corrected chi connectivity index (χ3v) is 7.55. The van der Waals surface area contributed by atoms with Crippen LogP contribution >= 0.6 is 0 Å². The Hall–Kier alpha value is -5.25. The molecule has 6 rings (SSSR count). The first-order chi connectivity index (χ1) is 21.0. The van der Waals surface area contributed by atoms with Gasteiger partial charge in [-0.3, -0.25) is 9.59 Å². The first kappa shape index (κ1) is 27.9. The van der Waals surface area contributed by atoms with E-state index in [1.165, 1.54) is 12.1 Å². The van der Waals surface area contributed by atoms with E-state index >= 15 is 0 Å². The summed E-state index contributed by atoms with van der Waals surface area (Å²) in [5, 5.41) is 5.84. The molecule has 2 heterocycles. The average Bonchev–Trinajstić information content (AvgIpc) is 3.53. The van der Waals surface area contributed by atoms with Crippen molar-refractivity contribution >= 4 is 28.9 Å². The summed E-state index contributed by atoms with van der Waals surface area (Å²) in [5.74, 6) is 0.942. The largest absolute Gasteiger partial charge is 0.495 e. The number of anilines is 3. The van der Waals surface area contributed by atoms with Gasteiger partial charge in [0.25, 0.3) is 11.8 Å². The van der Waals surface area contributed by atoms with Gasteiger partial charge in [-0.05, 0) is 66.2 Å². The lowest BCUT2D eigenvalue weighted by Gasteiger charge is -2.38. The van der Waals surface area contributed by atoms with Crippen LogP contribution in [0.15, 0.2) is 84.9 Å². The maximum Gasteiger partial charge on any atom is 0.255 e. The maximum atomic E-state index is 13.6. The summed E-state index contributed by atoms with van der Waals surface area (Å²) in [5.41, 5.74) is 3.88. The summed E-state index contributed by atoms with van der Waals surface area (Å²) < 4.78 is 29.7. The van der Waals surface area contributed by atoms with Gasteiger partial charge in [-0.1, -0.05) is 24.3 Å². The number of methoxy groups -OCH3 is 1. The minimum Gasteiger partial charge on any atom is -0.495 e. The van der Waals surface area contributed by atoms with Gasteiger partial charge in [0, 0.05) is 49.7 Å². The minimum atomic E-state index is -0.339. The Morgan fingerprint density at radius 3 is 2.30 bits per heavy atom. The Bertz CT molecular complexity index is 1640. The molecule has 0 bridgehead atoms. The van der Waals surface area contributed by atoms with Gasteiger partial charge in [0.2, 0.25) is 6.79 Å². The fourth-order valence-corrected chi connectivity index (χ4v) is 5.27. The molecular formula is C33H31FN4O5. The molecule has 4 aromatic rings. The van der Waals surface area contributed by atoms with E-state index in [4.69, 9.17) is 14.2 Å². The average molecular weight is 583 g/mol. The smallest absolute Gasteiger partial charge is 0.255 e. The zero-order valence-corrected chi connectivity index (χ0v) is 23.6. The fourth-order valence-electron chi connectivity index (χ4n) is 5.27. The molecule has 4 aromatic carbocycles. The molecule has 2 N–H and O–H groups in total. The van der Waals surface area contributed by atoms with E-state index in [0.29, 0.717) is 41.4 Å². The topological polar surface area (TPSA) is 92.4 Å². The van der Waals surface area contributed by atoms with Crippen LogP contribution in [0, 0.1) is 5.82 Å². The van der Waals surface area contributed by atoms with Crippen molar-refractivity contribution in [2.75, 3.05) is 55.2 Å². The number of nitrogens with zero attached hydrogens (tertiary/aromatic N) is 2. The quantitative estimate of drug-likeness (QED) is 0.300. The lowest BCUT2D eigenvalue weighted by molar-refractivity contribution is 0.0950. The predicted octanol–water partition coefficient (Wildman–Crippen LogP) is 5.07. The predicted molar refractivity (Wildman–Crippen MR) is 162 cm³/mol. The maximum absolute atomic E-state index is 13.6. The highest BCUT2D eigenvalue weighted by Gasteiger charge is 2.24. The van der Waals surface area contributed by atoms with Crippen LogP contribution in [0.3, 0.4) is 0 Å². The summed E-state index contributed by atoms with van der Waals surface area (Å²) >= 11 is 0. The number of halogens is 1. The normalized spacial score (nSPS) is 13.9. The summed E-state index contributed by atoms with van der Waals surface area (Å²) in [6, 6.07) is 24.2. The molecule has 1 saturated heterocycles. The second-order valence-electron chi connectivity index (χ2n) is 10.2. The number of fused-ring (bicyclic) bond motifs is 1. The van der Waals surface area contributed by atoms with Crippen LogP contribution in [0.1, 0.15) is 26.3 Å². The summed E-state index contributed by atoms with van der Waals surface area (Å²) in [6.45, 7) is 3.18. The van der Waals surface area contributed by atoms with Crippen molar-refractivity contribution in [3.63, 3.8) is 0 Å². The Kier molecular flexibility index (Phi) is 7.99. The third kappa shape index (κ3) is 6.18.